The molecule has 0 amide bonds. The van der Waals surface area contributed by atoms with E-state index < -0.39 is 5.92 Å². The summed E-state index contributed by atoms with van der Waals surface area (Å²) in [5.41, 5.74) is 6.33. The van der Waals surface area contributed by atoms with Crippen LogP contribution in [-0.2, 0) is 4.84 Å². The third kappa shape index (κ3) is 4.25. The maximum atomic E-state index is 14.6. The van der Waals surface area contributed by atoms with Gasteiger partial charge in [-0.25, -0.2) is 5.06 Å². The van der Waals surface area contributed by atoms with Gasteiger partial charge in [0.25, 0.3) is 5.91 Å². The predicted octanol–water partition coefficient (Wildman–Crippen LogP) is 7.64. The van der Waals surface area contributed by atoms with Crippen molar-refractivity contribution >= 4 is 11.6 Å². The van der Waals surface area contributed by atoms with Crippen LogP contribution in [-0.4, -0.2) is 22.3 Å². The maximum Gasteiger partial charge on any atom is 0.255 e. The van der Waals surface area contributed by atoms with E-state index in [0.717, 1.165) is 41.0 Å². The summed E-state index contributed by atoms with van der Waals surface area (Å²) in [7, 11) is 0. The number of hydrogen-bond donors (Lipinski definition) is 0. The smallest absolute Gasteiger partial charge is 0.255 e. The van der Waals surface area contributed by atoms with Crippen molar-refractivity contribution in [2.24, 2.45) is 11.8 Å². The Morgan fingerprint density at radius 3 is 2.18 bits per heavy atom. The number of carbonyl (C=O) groups excluding carboxylic acids is 1. The van der Waals surface area contributed by atoms with Gasteiger partial charge in [-0.3, -0.25) is 9.63 Å². The summed E-state index contributed by atoms with van der Waals surface area (Å²) < 4.78 is 1.73. The minimum absolute atomic E-state index is 0.0137. The molecule has 2 heterocycles. The van der Waals surface area contributed by atoms with Crippen LogP contribution in [0.1, 0.15) is 73.1 Å². The molecule has 5 heteroatoms. The van der Waals surface area contributed by atoms with E-state index in [9.17, 15) is 4.79 Å². The van der Waals surface area contributed by atoms with Crippen LogP contribution in [0.2, 0.25) is 0 Å². The van der Waals surface area contributed by atoms with E-state index in [1.165, 1.54) is 5.56 Å². The number of fused-ring (bicyclic) bond motifs is 1. The second-order valence-electron chi connectivity index (χ2n) is 11.0. The molecule has 0 saturated carbocycles. The molecule has 0 spiro atoms. The van der Waals surface area contributed by atoms with Gasteiger partial charge < -0.3 is 0 Å². The first kappa shape index (κ1) is 24.6. The van der Waals surface area contributed by atoms with E-state index in [1.54, 1.807) is 4.68 Å². The van der Waals surface area contributed by atoms with Crippen molar-refractivity contribution in [1.82, 2.24) is 9.78 Å². The fraction of sp³-hybridized carbons (Fsp3) is 0.333. The lowest BCUT2D eigenvalue weighted by atomic mass is 9.75. The molecule has 1 saturated heterocycles. The molecule has 0 bridgehead atoms. The molecular formula is C33H35N3O2. The molecule has 4 aromatic rings. The van der Waals surface area contributed by atoms with Crippen molar-refractivity contribution in [2.75, 3.05) is 11.7 Å². The monoisotopic (exact) mass is 505 g/mol. The van der Waals surface area contributed by atoms with Crippen LogP contribution in [0.5, 0.6) is 0 Å². The standard InChI is InChI=1S/C33H35N3O2/c1-22(2)27-20-19-23(3)29-30(27)34-35(32(29)25-15-9-5-10-16-25)33(37)28-21-38-36(26-17-11-6-12-18-26)31(28)24-13-7-4-8-14-24/h4-18,22-23,27-28,31H,19-21H2,1-3H3/t23-,27-,28-,31+/m1/s1. The van der Waals surface area contributed by atoms with E-state index in [-0.39, 0.29) is 11.9 Å². The highest BCUT2D eigenvalue weighted by atomic mass is 16.7. The van der Waals surface area contributed by atoms with Crippen molar-refractivity contribution in [2.45, 2.75) is 51.5 Å². The second kappa shape index (κ2) is 10.2. The quantitative estimate of drug-likeness (QED) is 0.280. The molecule has 5 nitrogen and oxygen atoms in total. The SMILES string of the molecule is CC(C)[C@H]1CC[C@@H](C)c2c1nn(C(=O)[C@@H]1CON(c3ccccc3)[C@H]1c1ccccc1)c2-c1ccccc1. The molecule has 1 aromatic heterocycles. The first-order chi connectivity index (χ1) is 18.5. The Morgan fingerprint density at radius 1 is 0.895 bits per heavy atom. The van der Waals surface area contributed by atoms with Crippen molar-refractivity contribution in [1.29, 1.82) is 0 Å². The van der Waals surface area contributed by atoms with Gasteiger partial charge in [-0.05, 0) is 42.4 Å². The van der Waals surface area contributed by atoms with Crippen molar-refractivity contribution in [3.8, 4) is 11.3 Å². The molecular weight excluding hydrogens is 470 g/mol. The largest absolute Gasteiger partial charge is 0.272 e. The second-order valence-corrected chi connectivity index (χ2v) is 11.0. The molecule has 0 unspecified atom stereocenters. The number of rotatable bonds is 5. The number of hydrogen-bond acceptors (Lipinski definition) is 4. The Kier molecular flexibility index (Phi) is 6.62. The first-order valence-corrected chi connectivity index (χ1v) is 13.8. The molecule has 3 aromatic carbocycles. The number of aromatic nitrogens is 2. The Hall–Kier alpha value is -3.70. The number of para-hydroxylation sites is 1. The van der Waals surface area contributed by atoms with Crippen LogP contribution < -0.4 is 5.06 Å². The van der Waals surface area contributed by atoms with Gasteiger partial charge in [-0.2, -0.15) is 9.78 Å². The molecule has 0 radical (unpaired) electrons. The average molecular weight is 506 g/mol. The molecule has 1 aliphatic heterocycles. The first-order valence-electron chi connectivity index (χ1n) is 13.8. The topological polar surface area (TPSA) is 47.4 Å². The zero-order valence-corrected chi connectivity index (χ0v) is 22.3. The third-order valence-corrected chi connectivity index (χ3v) is 8.26. The summed E-state index contributed by atoms with van der Waals surface area (Å²) in [6, 6.07) is 30.3. The van der Waals surface area contributed by atoms with Gasteiger partial charge in [-0.1, -0.05) is 99.6 Å². The summed E-state index contributed by atoms with van der Waals surface area (Å²) in [6.45, 7) is 7.11. The van der Waals surface area contributed by atoms with Crippen LogP contribution in [0.4, 0.5) is 5.69 Å². The van der Waals surface area contributed by atoms with Gasteiger partial charge in [0.2, 0.25) is 0 Å². The maximum absolute atomic E-state index is 14.6. The number of nitrogens with zero attached hydrogens (tertiary/aromatic N) is 3. The summed E-state index contributed by atoms with van der Waals surface area (Å²) in [5.74, 6) is 0.740. The summed E-state index contributed by atoms with van der Waals surface area (Å²) >= 11 is 0. The molecule has 38 heavy (non-hydrogen) atoms. The van der Waals surface area contributed by atoms with Crippen molar-refractivity contribution < 1.29 is 9.63 Å². The third-order valence-electron chi connectivity index (χ3n) is 8.26. The van der Waals surface area contributed by atoms with E-state index >= 15 is 0 Å². The van der Waals surface area contributed by atoms with E-state index in [2.05, 4.69) is 45.0 Å². The molecule has 1 aliphatic carbocycles. The Bertz CT molecular complexity index is 1400. The van der Waals surface area contributed by atoms with E-state index in [4.69, 9.17) is 9.94 Å². The van der Waals surface area contributed by atoms with Crippen LogP contribution in [0.25, 0.3) is 11.3 Å². The molecule has 6 rings (SSSR count). The highest BCUT2D eigenvalue weighted by Crippen LogP contribution is 2.47. The highest BCUT2D eigenvalue weighted by molar-refractivity contribution is 5.88. The molecule has 4 atom stereocenters. The van der Waals surface area contributed by atoms with Crippen LogP contribution >= 0.6 is 0 Å². The number of hydroxylamine groups is 1. The van der Waals surface area contributed by atoms with E-state index in [0.29, 0.717) is 24.4 Å². The van der Waals surface area contributed by atoms with Crippen molar-refractivity contribution in [3.05, 3.63) is 108 Å². The van der Waals surface area contributed by atoms with E-state index in [1.807, 2.05) is 71.8 Å². The molecule has 2 aliphatic rings. The minimum atomic E-state index is -0.408. The number of benzene rings is 3. The van der Waals surface area contributed by atoms with Gasteiger partial charge in [0.1, 0.15) is 0 Å². The lowest BCUT2D eigenvalue weighted by molar-refractivity contribution is 0.0790. The Balaban J connectivity index is 1.49. The molecule has 1 fully saturated rings. The summed E-state index contributed by atoms with van der Waals surface area (Å²) in [6.07, 6.45) is 2.21. The van der Waals surface area contributed by atoms with Gasteiger partial charge in [0, 0.05) is 17.0 Å². The lowest BCUT2D eigenvalue weighted by Gasteiger charge is -2.29. The minimum Gasteiger partial charge on any atom is -0.272 e. The van der Waals surface area contributed by atoms with Gasteiger partial charge in [0.05, 0.1) is 35.6 Å². The fourth-order valence-electron chi connectivity index (χ4n) is 6.29. The van der Waals surface area contributed by atoms with Gasteiger partial charge >= 0.3 is 0 Å². The Morgan fingerprint density at radius 2 is 1.53 bits per heavy atom. The summed E-state index contributed by atoms with van der Waals surface area (Å²) in [5, 5.41) is 7.05. The zero-order valence-electron chi connectivity index (χ0n) is 22.3. The summed E-state index contributed by atoms with van der Waals surface area (Å²) in [4.78, 5) is 20.9. The lowest BCUT2D eigenvalue weighted by Crippen LogP contribution is -2.32. The zero-order chi connectivity index (χ0) is 26.2. The Labute approximate surface area is 225 Å². The molecule has 0 N–H and O–H groups in total. The average Bonchev–Trinajstić information content (AvgIpc) is 3.58. The normalized spacial score (nSPS) is 23.0. The number of anilines is 1. The van der Waals surface area contributed by atoms with Crippen LogP contribution in [0, 0.1) is 11.8 Å². The van der Waals surface area contributed by atoms with Gasteiger partial charge in [0.15, 0.2) is 0 Å². The highest BCUT2D eigenvalue weighted by Gasteiger charge is 2.44. The van der Waals surface area contributed by atoms with Gasteiger partial charge in [-0.15, -0.1) is 0 Å². The molecule has 194 valence electrons. The van der Waals surface area contributed by atoms with Crippen LogP contribution in [0.15, 0.2) is 91.0 Å². The fourth-order valence-corrected chi connectivity index (χ4v) is 6.29. The van der Waals surface area contributed by atoms with Crippen LogP contribution in [0.3, 0.4) is 0 Å². The number of carbonyl (C=O) groups is 1. The predicted molar refractivity (Wildman–Crippen MR) is 151 cm³/mol. The van der Waals surface area contributed by atoms with Crippen molar-refractivity contribution in [3.63, 3.8) is 0 Å².